The molecular weight excluding hydrogens is 482 g/mol. The van der Waals surface area contributed by atoms with Crippen molar-refractivity contribution in [2.45, 2.75) is 37.1 Å². The number of ether oxygens (including phenoxy) is 2. The fraction of sp³-hybridized carbons (Fsp3) is 0.300. The zero-order valence-electron chi connectivity index (χ0n) is 21.7. The van der Waals surface area contributed by atoms with Crippen LogP contribution in [0.4, 0.5) is 5.69 Å². The highest BCUT2D eigenvalue weighted by Gasteiger charge is 2.56. The molecule has 0 bridgehead atoms. The molecule has 0 aromatic heterocycles. The highest BCUT2D eigenvalue weighted by Crippen LogP contribution is 2.43. The molecule has 38 heavy (non-hydrogen) atoms. The lowest BCUT2D eigenvalue weighted by atomic mass is 9.75. The van der Waals surface area contributed by atoms with Crippen molar-refractivity contribution in [3.63, 3.8) is 0 Å². The van der Waals surface area contributed by atoms with Crippen LogP contribution in [0, 0.1) is 0 Å². The average molecular weight is 516 g/mol. The number of anilines is 1. The molecular formula is C30H33N3O5. The number of primary amides is 1. The lowest BCUT2D eigenvalue weighted by molar-refractivity contribution is -0.147. The number of methoxy groups -OCH3 is 2. The Morgan fingerprint density at radius 1 is 0.921 bits per heavy atom. The molecule has 4 rings (SSSR count). The molecule has 198 valence electrons. The van der Waals surface area contributed by atoms with E-state index in [9.17, 15) is 14.4 Å². The Morgan fingerprint density at radius 2 is 1.53 bits per heavy atom. The monoisotopic (exact) mass is 515 g/mol. The van der Waals surface area contributed by atoms with Crippen LogP contribution in [0.1, 0.15) is 36.3 Å². The first-order chi connectivity index (χ1) is 18.4. The summed E-state index contributed by atoms with van der Waals surface area (Å²) < 4.78 is 10.5. The van der Waals surface area contributed by atoms with Gasteiger partial charge in [0.2, 0.25) is 17.7 Å². The Hall–Kier alpha value is -4.33. The lowest BCUT2D eigenvalue weighted by Gasteiger charge is -2.41. The molecule has 8 heteroatoms. The van der Waals surface area contributed by atoms with Gasteiger partial charge in [0.25, 0.3) is 0 Å². The number of rotatable bonds is 10. The van der Waals surface area contributed by atoms with E-state index < -0.39 is 23.3 Å². The maximum Gasteiger partial charge on any atom is 0.244 e. The molecule has 1 saturated heterocycles. The highest BCUT2D eigenvalue weighted by molar-refractivity contribution is 6.04. The molecule has 0 aliphatic carbocycles. The van der Waals surface area contributed by atoms with Crippen molar-refractivity contribution >= 4 is 23.4 Å². The summed E-state index contributed by atoms with van der Waals surface area (Å²) in [5.74, 6) is -1.11. The molecule has 3 N–H and O–H groups in total. The van der Waals surface area contributed by atoms with Crippen LogP contribution in [0.15, 0.2) is 78.9 Å². The minimum absolute atomic E-state index is 0.203. The van der Waals surface area contributed by atoms with E-state index in [0.717, 1.165) is 5.56 Å². The number of nitrogens with zero attached hydrogens (tertiary/aromatic N) is 1. The van der Waals surface area contributed by atoms with Gasteiger partial charge < -0.3 is 25.4 Å². The molecule has 0 spiro atoms. The van der Waals surface area contributed by atoms with Crippen LogP contribution >= 0.6 is 0 Å². The van der Waals surface area contributed by atoms with Crippen molar-refractivity contribution in [3.05, 3.63) is 90.0 Å². The molecule has 0 radical (unpaired) electrons. The van der Waals surface area contributed by atoms with Gasteiger partial charge in [-0.25, -0.2) is 0 Å². The second kappa shape index (κ2) is 11.8. The van der Waals surface area contributed by atoms with Crippen LogP contribution in [0.5, 0.6) is 11.5 Å². The number of aryl methyl sites for hydroxylation is 1. The molecule has 8 nitrogen and oxygen atoms in total. The second-order valence-corrected chi connectivity index (χ2v) is 9.35. The smallest absolute Gasteiger partial charge is 0.244 e. The summed E-state index contributed by atoms with van der Waals surface area (Å²) in [5.41, 5.74) is 6.69. The van der Waals surface area contributed by atoms with Crippen LogP contribution in [0.3, 0.4) is 0 Å². The van der Waals surface area contributed by atoms with E-state index in [4.69, 9.17) is 15.2 Å². The molecule has 3 aromatic rings. The molecule has 1 heterocycles. The minimum Gasteiger partial charge on any atom is -0.497 e. The summed E-state index contributed by atoms with van der Waals surface area (Å²) in [7, 11) is 3.12. The summed E-state index contributed by atoms with van der Waals surface area (Å²) >= 11 is 0. The number of likely N-dealkylation sites (tertiary alicyclic amines) is 1. The molecule has 3 amide bonds. The number of carbonyl (C=O) groups excluding carboxylic acids is 3. The van der Waals surface area contributed by atoms with Gasteiger partial charge in [-0.2, -0.15) is 0 Å². The van der Waals surface area contributed by atoms with Gasteiger partial charge in [0.15, 0.2) is 0 Å². The fourth-order valence-corrected chi connectivity index (χ4v) is 5.25. The zero-order valence-corrected chi connectivity index (χ0v) is 21.7. The van der Waals surface area contributed by atoms with E-state index in [1.807, 2.05) is 30.3 Å². The number of nitrogens with one attached hydrogen (secondary N) is 1. The topological polar surface area (TPSA) is 111 Å². The Kier molecular flexibility index (Phi) is 8.31. The molecule has 0 saturated carbocycles. The van der Waals surface area contributed by atoms with E-state index >= 15 is 0 Å². The van der Waals surface area contributed by atoms with Gasteiger partial charge in [-0.15, -0.1) is 0 Å². The molecule has 1 fully saturated rings. The third kappa shape index (κ3) is 5.49. The first-order valence-corrected chi connectivity index (χ1v) is 12.6. The maximum atomic E-state index is 13.9. The van der Waals surface area contributed by atoms with Gasteiger partial charge in [-0.3, -0.25) is 14.4 Å². The SMILES string of the molecule is COc1ccc(NC(=O)[C@@H](c2ccc(OC)cc2)C2(C(N)=O)CCCN2C(=O)CCc2ccccc2)cc1. The van der Waals surface area contributed by atoms with Crippen molar-refractivity contribution in [1.29, 1.82) is 0 Å². The first-order valence-electron chi connectivity index (χ1n) is 12.6. The van der Waals surface area contributed by atoms with Crippen molar-refractivity contribution in [2.24, 2.45) is 5.73 Å². The minimum atomic E-state index is -1.51. The molecule has 3 aromatic carbocycles. The van der Waals surface area contributed by atoms with E-state index in [1.165, 1.54) is 4.90 Å². The van der Waals surface area contributed by atoms with Gasteiger partial charge in [0.05, 0.1) is 20.1 Å². The quantitative estimate of drug-likeness (QED) is 0.425. The van der Waals surface area contributed by atoms with Crippen LogP contribution < -0.4 is 20.5 Å². The number of nitrogens with two attached hydrogens (primary N) is 1. The van der Waals surface area contributed by atoms with Crippen LogP contribution in [-0.2, 0) is 20.8 Å². The van der Waals surface area contributed by atoms with Gasteiger partial charge in [-0.1, -0.05) is 42.5 Å². The largest absolute Gasteiger partial charge is 0.497 e. The van der Waals surface area contributed by atoms with Crippen molar-refractivity contribution in [2.75, 3.05) is 26.1 Å². The van der Waals surface area contributed by atoms with Crippen LogP contribution in [0.2, 0.25) is 0 Å². The zero-order chi connectivity index (χ0) is 27.1. The highest BCUT2D eigenvalue weighted by atomic mass is 16.5. The average Bonchev–Trinajstić information content (AvgIpc) is 3.39. The van der Waals surface area contributed by atoms with Gasteiger partial charge in [0, 0.05) is 18.7 Å². The summed E-state index contributed by atoms with van der Waals surface area (Å²) in [6.45, 7) is 0.346. The number of hydrogen-bond acceptors (Lipinski definition) is 5. The number of amides is 3. The Balaban J connectivity index is 1.70. The Morgan fingerprint density at radius 3 is 2.11 bits per heavy atom. The summed E-state index contributed by atoms with van der Waals surface area (Å²) in [4.78, 5) is 42.4. The second-order valence-electron chi connectivity index (χ2n) is 9.35. The number of benzene rings is 3. The van der Waals surface area contributed by atoms with Gasteiger partial charge >= 0.3 is 0 Å². The third-order valence-electron chi connectivity index (χ3n) is 7.17. The van der Waals surface area contributed by atoms with Crippen molar-refractivity contribution in [3.8, 4) is 11.5 Å². The fourth-order valence-electron chi connectivity index (χ4n) is 5.25. The molecule has 1 aliphatic rings. The van der Waals surface area contributed by atoms with E-state index in [0.29, 0.717) is 42.1 Å². The maximum absolute atomic E-state index is 13.9. The van der Waals surface area contributed by atoms with E-state index in [-0.39, 0.29) is 18.7 Å². The predicted molar refractivity (Wildman–Crippen MR) is 145 cm³/mol. The van der Waals surface area contributed by atoms with Gasteiger partial charge in [0.1, 0.15) is 17.0 Å². The molecule has 2 atom stereocenters. The normalized spacial score (nSPS) is 17.5. The summed E-state index contributed by atoms with van der Waals surface area (Å²) in [6, 6.07) is 23.5. The van der Waals surface area contributed by atoms with Crippen LogP contribution in [-0.4, -0.2) is 48.9 Å². The predicted octanol–water partition coefficient (Wildman–Crippen LogP) is 3.91. The van der Waals surface area contributed by atoms with E-state index in [2.05, 4.69) is 5.32 Å². The third-order valence-corrected chi connectivity index (χ3v) is 7.17. The molecule has 1 aliphatic heterocycles. The Bertz CT molecular complexity index is 1260. The summed E-state index contributed by atoms with van der Waals surface area (Å²) in [6.07, 6.45) is 1.57. The van der Waals surface area contributed by atoms with Gasteiger partial charge in [-0.05, 0) is 66.8 Å². The first kappa shape index (κ1) is 26.7. The molecule has 1 unspecified atom stereocenters. The summed E-state index contributed by atoms with van der Waals surface area (Å²) in [5, 5.41) is 2.92. The Labute approximate surface area is 222 Å². The van der Waals surface area contributed by atoms with Crippen molar-refractivity contribution < 1.29 is 23.9 Å². The van der Waals surface area contributed by atoms with Crippen LogP contribution in [0.25, 0.3) is 0 Å². The number of hydrogen-bond donors (Lipinski definition) is 2. The lowest BCUT2D eigenvalue weighted by Crippen LogP contribution is -2.61. The standard InChI is InChI=1S/C30H33N3O5/c1-37-24-14-10-22(11-15-24)27(28(35)32-23-12-16-25(38-2)17-13-23)30(29(31)36)19-6-20-33(30)26(34)18-9-21-7-4-3-5-8-21/h3-5,7-8,10-17,27H,6,9,18-20H2,1-2H3,(H2,31,36)(H,32,35)/t27-,30?/m1/s1. The van der Waals surface area contributed by atoms with Crippen molar-refractivity contribution in [1.82, 2.24) is 4.90 Å². The van der Waals surface area contributed by atoms with E-state index in [1.54, 1.807) is 62.8 Å². The number of carbonyl (C=O) groups is 3.